The Morgan fingerprint density at radius 1 is 0.765 bits per heavy atom. The van der Waals surface area contributed by atoms with Gasteiger partial charge in [0.2, 0.25) is 0 Å². The monoisotopic (exact) mass is 376 g/mol. The molecule has 1 saturated carbocycles. The van der Waals surface area contributed by atoms with E-state index in [9.17, 15) is 0 Å². The maximum atomic E-state index is 5.88. The molecule has 7 heteroatoms. The zero-order chi connectivity index (χ0) is 13.6. The summed E-state index contributed by atoms with van der Waals surface area (Å²) < 4.78 is 0. The van der Waals surface area contributed by atoms with Crippen LogP contribution < -0.4 is 0 Å². The molecular formula is C10H15Cl6P. The van der Waals surface area contributed by atoms with E-state index in [4.69, 9.17) is 69.6 Å². The highest BCUT2D eigenvalue weighted by molar-refractivity contribution is 7.16. The van der Waals surface area contributed by atoms with E-state index in [1.807, 2.05) is 13.0 Å². The Morgan fingerprint density at radius 2 is 1.00 bits per heavy atom. The van der Waals surface area contributed by atoms with Gasteiger partial charge in [-0.05, 0) is 13.1 Å². The fraction of sp³-hybridized carbons (Fsp3) is 0.800. The van der Waals surface area contributed by atoms with Gasteiger partial charge in [0.1, 0.15) is 0 Å². The third-order valence-electron chi connectivity index (χ3n) is 2.20. The molecule has 1 aliphatic rings. The predicted octanol–water partition coefficient (Wildman–Crippen LogP) is 5.08. The normalized spacial score (nSPS) is 42.1. The summed E-state index contributed by atoms with van der Waals surface area (Å²) in [4.78, 5) is 0. The average Bonchev–Trinajstić information content (AvgIpc) is 2.33. The number of hydrogen-bond acceptors (Lipinski definition) is 0. The lowest BCUT2D eigenvalue weighted by Crippen LogP contribution is -2.52. The second kappa shape index (κ2) is 9.76. The summed E-state index contributed by atoms with van der Waals surface area (Å²) in [7, 11) is 2.61. The van der Waals surface area contributed by atoms with Gasteiger partial charge in [0.05, 0.1) is 32.3 Å². The van der Waals surface area contributed by atoms with Crippen LogP contribution in [0.5, 0.6) is 0 Å². The summed E-state index contributed by atoms with van der Waals surface area (Å²) in [6.45, 7) is 2.02. The highest BCUT2D eigenvalue weighted by atomic mass is 35.5. The first kappa shape index (κ1) is 18.9. The molecule has 0 saturated heterocycles. The third-order valence-corrected chi connectivity index (χ3v) is 6.50. The molecule has 1 rings (SSSR count). The van der Waals surface area contributed by atoms with Gasteiger partial charge in [-0.15, -0.1) is 78.8 Å². The van der Waals surface area contributed by atoms with Crippen LogP contribution in [0.3, 0.4) is 0 Å². The summed E-state index contributed by atoms with van der Waals surface area (Å²) >= 11 is 35.3. The van der Waals surface area contributed by atoms with E-state index in [0.29, 0.717) is 0 Å². The molecule has 1 atom stereocenters. The van der Waals surface area contributed by atoms with E-state index in [2.05, 4.69) is 15.3 Å². The van der Waals surface area contributed by atoms with Crippen LogP contribution in [0.2, 0.25) is 0 Å². The summed E-state index contributed by atoms with van der Waals surface area (Å²) in [6, 6.07) is 0. The quantitative estimate of drug-likeness (QED) is 0.339. The lowest BCUT2D eigenvalue weighted by atomic mass is 9.97. The molecule has 0 heterocycles. The van der Waals surface area contributed by atoms with Crippen molar-refractivity contribution in [3.8, 4) is 0 Å². The predicted molar refractivity (Wildman–Crippen MR) is 87.2 cm³/mol. The van der Waals surface area contributed by atoms with Crippen LogP contribution in [0.25, 0.3) is 0 Å². The first-order valence-electron chi connectivity index (χ1n) is 5.04. The average molecular weight is 379 g/mol. The second-order valence-electron chi connectivity index (χ2n) is 3.47. The molecule has 0 radical (unpaired) electrons. The smallest absolute Gasteiger partial charge is 0.0693 e. The zero-order valence-corrected chi connectivity index (χ0v) is 14.9. The molecule has 0 nitrogen and oxygen atoms in total. The summed E-state index contributed by atoms with van der Waals surface area (Å²) in [6.07, 6.45) is 5.20. The maximum Gasteiger partial charge on any atom is 0.0693 e. The van der Waals surface area contributed by atoms with Crippen molar-refractivity contribution in [1.29, 1.82) is 0 Å². The minimum Gasteiger partial charge on any atom is -0.134 e. The number of allylic oxidation sites excluding steroid dienone is 2. The van der Waals surface area contributed by atoms with E-state index in [1.54, 1.807) is 0 Å². The minimum absolute atomic E-state index is 0.437. The minimum atomic E-state index is -0.437. The van der Waals surface area contributed by atoms with Crippen LogP contribution in [0.15, 0.2) is 12.2 Å². The Labute approximate surface area is 135 Å². The van der Waals surface area contributed by atoms with Crippen LogP contribution in [0.1, 0.15) is 6.92 Å². The number of halogens is 6. The Balaban J connectivity index is 0.000000437. The zero-order valence-electron chi connectivity index (χ0n) is 9.17. The van der Waals surface area contributed by atoms with Crippen molar-refractivity contribution in [2.45, 2.75) is 39.2 Å². The second-order valence-corrected chi connectivity index (χ2v) is 6.97. The molecule has 1 unspecified atom stereocenters. The standard InChI is InChI=1S/C6H6Cl6.C4H9P/c7-1-2(8)4(10)6(12)5(11)3(1)9;1-2-3-4-5/h1-6H;2-3H,4-5H2,1H3/b;3-2+/t1-,2-,3-,4+,5+,6+;. The van der Waals surface area contributed by atoms with Crippen molar-refractivity contribution >= 4 is 78.8 Å². The Morgan fingerprint density at radius 3 is 1.06 bits per heavy atom. The molecule has 0 bridgehead atoms. The number of rotatable bonds is 1. The molecule has 17 heavy (non-hydrogen) atoms. The van der Waals surface area contributed by atoms with Crippen molar-refractivity contribution < 1.29 is 0 Å². The topological polar surface area (TPSA) is 0 Å². The van der Waals surface area contributed by atoms with Gasteiger partial charge in [-0.2, -0.15) is 0 Å². The molecule has 0 spiro atoms. The van der Waals surface area contributed by atoms with Crippen molar-refractivity contribution in [2.75, 3.05) is 6.16 Å². The molecular weight excluding hydrogens is 364 g/mol. The Bertz CT molecular complexity index is 178. The van der Waals surface area contributed by atoms with E-state index >= 15 is 0 Å². The van der Waals surface area contributed by atoms with E-state index in [-0.39, 0.29) is 0 Å². The first-order chi connectivity index (χ1) is 7.88. The highest BCUT2D eigenvalue weighted by Crippen LogP contribution is 2.39. The lowest BCUT2D eigenvalue weighted by Gasteiger charge is -2.37. The Hall–Kier alpha value is 1.91. The summed E-state index contributed by atoms with van der Waals surface area (Å²) in [5.74, 6) is 0. The SMILES string of the molecule is C/C=C/CP.Cl[C@H]1[C@H](Cl)[C@@H](Cl)[C@@H](Cl)[C@H](Cl)[C@H]1Cl. The van der Waals surface area contributed by atoms with Crippen LogP contribution in [0, 0.1) is 0 Å². The highest BCUT2D eigenvalue weighted by Gasteiger charge is 2.46. The van der Waals surface area contributed by atoms with Gasteiger partial charge in [-0.25, -0.2) is 0 Å². The fourth-order valence-electron chi connectivity index (χ4n) is 1.19. The molecule has 1 aliphatic carbocycles. The molecule has 0 aromatic rings. The fourth-order valence-corrected chi connectivity index (χ4v) is 3.79. The van der Waals surface area contributed by atoms with Crippen LogP contribution in [-0.4, -0.2) is 38.4 Å². The van der Waals surface area contributed by atoms with Crippen molar-refractivity contribution in [1.82, 2.24) is 0 Å². The molecule has 102 valence electrons. The van der Waals surface area contributed by atoms with Gasteiger partial charge in [0.25, 0.3) is 0 Å². The van der Waals surface area contributed by atoms with E-state index in [0.717, 1.165) is 6.16 Å². The van der Waals surface area contributed by atoms with Gasteiger partial charge in [0.15, 0.2) is 0 Å². The van der Waals surface area contributed by atoms with Crippen molar-refractivity contribution in [3.63, 3.8) is 0 Å². The molecule has 0 aromatic heterocycles. The largest absolute Gasteiger partial charge is 0.134 e. The van der Waals surface area contributed by atoms with Gasteiger partial charge in [0, 0.05) is 0 Å². The number of hydrogen-bond donors (Lipinski definition) is 0. The molecule has 1 fully saturated rings. The van der Waals surface area contributed by atoms with Gasteiger partial charge in [-0.3, -0.25) is 0 Å². The molecule has 0 aromatic carbocycles. The van der Waals surface area contributed by atoms with Gasteiger partial charge >= 0.3 is 0 Å². The lowest BCUT2D eigenvalue weighted by molar-refractivity contribution is 0.544. The van der Waals surface area contributed by atoms with Gasteiger partial charge < -0.3 is 0 Å². The van der Waals surface area contributed by atoms with Crippen LogP contribution >= 0.6 is 78.8 Å². The van der Waals surface area contributed by atoms with Gasteiger partial charge in [-0.1, -0.05) is 12.2 Å². The Kier molecular flexibility index (Phi) is 10.9. The first-order valence-corrected chi connectivity index (χ1v) is 8.47. The van der Waals surface area contributed by atoms with E-state index in [1.165, 1.54) is 0 Å². The maximum absolute atomic E-state index is 5.88. The summed E-state index contributed by atoms with van der Waals surface area (Å²) in [5.41, 5.74) is 0. The van der Waals surface area contributed by atoms with Crippen molar-refractivity contribution in [3.05, 3.63) is 12.2 Å². The molecule has 0 aliphatic heterocycles. The van der Waals surface area contributed by atoms with Crippen LogP contribution in [-0.2, 0) is 0 Å². The summed E-state index contributed by atoms with van der Waals surface area (Å²) in [5, 5.41) is -2.62. The van der Waals surface area contributed by atoms with E-state index < -0.39 is 32.3 Å². The van der Waals surface area contributed by atoms with Crippen molar-refractivity contribution in [2.24, 2.45) is 0 Å². The molecule has 0 N–H and O–H groups in total. The van der Waals surface area contributed by atoms with Crippen LogP contribution in [0.4, 0.5) is 0 Å². The third kappa shape index (κ3) is 5.82. The number of alkyl halides is 6. The molecule has 0 amide bonds.